The van der Waals surface area contributed by atoms with E-state index in [1.54, 1.807) is 24.3 Å². The predicted octanol–water partition coefficient (Wildman–Crippen LogP) is -4.22. The highest BCUT2D eigenvalue weighted by Gasteiger charge is 2.48. The first-order valence-electron chi connectivity index (χ1n) is 20.1. The summed E-state index contributed by atoms with van der Waals surface area (Å²) < 4.78 is 35.3. The zero-order valence-electron chi connectivity index (χ0n) is 36.2. The number of aliphatic carboxylic acids is 2. The predicted molar refractivity (Wildman–Crippen MR) is 234 cm³/mol. The molecule has 2 aliphatic heterocycles. The molecule has 2 aliphatic rings. The second kappa shape index (κ2) is 24.3. The maximum atomic E-state index is 13.5. The number of carbonyl (C=O) groups is 6. The van der Waals surface area contributed by atoms with Gasteiger partial charge in [-0.25, -0.2) is 33.4 Å². The number of aliphatic hydroxyl groups is 4. The first-order chi connectivity index (χ1) is 32.1. The molecule has 0 saturated carbocycles. The molecule has 0 saturated heterocycles. The number of rotatable bonds is 20. The van der Waals surface area contributed by atoms with Crippen LogP contribution in [0.25, 0.3) is 0 Å². The molecule has 0 aliphatic carbocycles. The summed E-state index contributed by atoms with van der Waals surface area (Å²) in [6, 6.07) is 7.24. The van der Waals surface area contributed by atoms with Gasteiger partial charge in [-0.3, -0.25) is 9.59 Å². The number of nitrogens with two attached hydrogens (primary N) is 4. The Hall–Kier alpha value is -7.53. The maximum absolute atomic E-state index is 13.5. The molecular weight excluding hydrogens is 925 g/mol. The van der Waals surface area contributed by atoms with E-state index in [1.807, 2.05) is 0 Å². The van der Waals surface area contributed by atoms with Gasteiger partial charge in [-0.2, -0.15) is 0 Å². The number of guanidine groups is 2. The fourth-order valence-electron chi connectivity index (χ4n) is 6.81. The molecule has 2 heterocycles. The minimum Gasteiger partial charge on any atom is -0.477 e. The monoisotopic (exact) mass is 976 g/mol. The number of carboxylic acid groups (broad SMARTS) is 2. The number of alkyl carbamates (subject to hydrolysis) is 2. The Balaban J connectivity index is 1.38. The molecule has 0 radical (unpaired) electrons. The Morgan fingerprint density at radius 3 is 1.26 bits per heavy atom. The van der Waals surface area contributed by atoms with Crippen molar-refractivity contribution in [3.8, 4) is 0 Å². The number of aliphatic hydroxyl groups excluding tert-OH is 4. The number of carboxylic acids is 2. The lowest BCUT2D eigenvalue weighted by molar-refractivity contribution is -0.147. The van der Waals surface area contributed by atoms with E-state index in [-0.39, 0.29) is 13.1 Å². The zero-order chi connectivity index (χ0) is 50.4. The van der Waals surface area contributed by atoms with E-state index >= 15 is 0 Å². The lowest BCUT2D eigenvalue weighted by atomic mass is 9.92. The van der Waals surface area contributed by atoms with E-state index in [0.29, 0.717) is 20.9 Å². The van der Waals surface area contributed by atoms with Crippen LogP contribution in [0.15, 0.2) is 92.0 Å². The number of hydrogen-bond acceptors (Lipinski definition) is 17. The molecule has 10 atom stereocenters. The van der Waals surface area contributed by atoms with Crippen LogP contribution >= 0.6 is 0 Å². The van der Waals surface area contributed by atoms with Crippen LogP contribution in [-0.4, -0.2) is 157 Å². The molecule has 0 bridgehead atoms. The molecule has 0 spiro atoms. The van der Waals surface area contributed by atoms with Gasteiger partial charge in [0.1, 0.15) is 12.2 Å². The molecule has 27 nitrogen and oxygen atoms in total. The van der Waals surface area contributed by atoms with Crippen LogP contribution in [0, 0.1) is 0 Å². The molecular formula is C40H52N10O17S. The van der Waals surface area contributed by atoms with Crippen LogP contribution in [0.4, 0.5) is 9.59 Å². The Morgan fingerprint density at radius 2 is 0.985 bits per heavy atom. The van der Waals surface area contributed by atoms with Crippen LogP contribution in [-0.2, 0) is 62.0 Å². The van der Waals surface area contributed by atoms with E-state index in [4.69, 9.17) is 41.9 Å². The zero-order valence-corrected chi connectivity index (χ0v) is 37.0. The van der Waals surface area contributed by atoms with Gasteiger partial charge in [-0.15, -0.1) is 0 Å². The fraction of sp³-hybridized carbons (Fsp3) is 0.400. The number of carbonyl (C=O) groups excluding carboxylic acids is 4. The average molecular weight is 977 g/mol. The highest BCUT2D eigenvalue weighted by atomic mass is 32.2. The van der Waals surface area contributed by atoms with Gasteiger partial charge in [-0.1, -0.05) is 24.3 Å². The quantitative estimate of drug-likeness (QED) is 0.0442. The Labute approximate surface area is 388 Å². The maximum Gasteiger partial charge on any atom is 0.407 e. The molecule has 4 rings (SSSR count). The molecule has 28 heteroatoms. The van der Waals surface area contributed by atoms with E-state index in [2.05, 4.69) is 31.3 Å². The molecule has 0 aromatic heterocycles. The summed E-state index contributed by atoms with van der Waals surface area (Å²) in [4.78, 5) is 82.5. The van der Waals surface area contributed by atoms with Gasteiger partial charge in [0.2, 0.25) is 23.3 Å². The van der Waals surface area contributed by atoms with Crippen molar-refractivity contribution in [1.82, 2.24) is 21.3 Å². The number of benzene rings is 2. The minimum atomic E-state index is -1.84. The Bertz CT molecular complexity index is 2150. The van der Waals surface area contributed by atoms with E-state index in [0.717, 1.165) is 26.0 Å². The number of aliphatic imine (C=N–C) groups is 2. The summed E-state index contributed by atoms with van der Waals surface area (Å²) in [7, 11) is -1.72. The lowest BCUT2D eigenvalue weighted by Crippen LogP contribution is -2.61. The van der Waals surface area contributed by atoms with Gasteiger partial charge in [0.05, 0.1) is 48.2 Å². The van der Waals surface area contributed by atoms with Crippen LogP contribution in [0.3, 0.4) is 0 Å². The van der Waals surface area contributed by atoms with Gasteiger partial charge < -0.3 is 93.8 Å². The number of hydrogen-bond donors (Lipinski definition) is 14. The Morgan fingerprint density at radius 1 is 0.647 bits per heavy atom. The van der Waals surface area contributed by atoms with Gasteiger partial charge in [0.25, 0.3) is 0 Å². The summed E-state index contributed by atoms with van der Waals surface area (Å²) in [5.41, 5.74) is 23.0. The third-order valence-electron chi connectivity index (χ3n) is 9.79. The molecule has 68 heavy (non-hydrogen) atoms. The highest BCUT2D eigenvalue weighted by molar-refractivity contribution is 7.85. The number of amides is 4. The SMILES string of the molecule is CC(=O)N[C@H]1[C@H]([C@H](OC(=O)NCc2ccc(S(=O)c3ccc(CNC(=O)O[C@@H]([C@@H]4OC(C(=O)O)=C[C@H](N=C(N)N)[C@H]4NC(C)=O)[C@H](O)CO)cc3)cc2)[C@H](O)CO)OC(C(=O)O)=C[C@@H]1N=C(N)N. The molecule has 0 unspecified atom stereocenters. The van der Waals surface area contributed by atoms with E-state index in [1.165, 1.54) is 24.3 Å². The van der Waals surface area contributed by atoms with Gasteiger partial charge in [0, 0.05) is 36.7 Å². The van der Waals surface area contributed by atoms with E-state index < -0.39 is 144 Å². The number of nitrogens with one attached hydrogen (secondary N) is 4. The first kappa shape index (κ1) is 53.1. The second-order valence-electron chi connectivity index (χ2n) is 14.9. The van der Waals surface area contributed by atoms with Crippen LogP contribution < -0.4 is 44.2 Å². The lowest BCUT2D eigenvalue weighted by Gasteiger charge is -2.39. The van der Waals surface area contributed by atoms with Crippen LogP contribution in [0.1, 0.15) is 25.0 Å². The Kier molecular flexibility index (Phi) is 19.0. The van der Waals surface area contributed by atoms with Crippen LogP contribution in [0.5, 0.6) is 0 Å². The number of nitrogens with zero attached hydrogens (tertiary/aromatic N) is 2. The smallest absolute Gasteiger partial charge is 0.407 e. The third-order valence-corrected chi connectivity index (χ3v) is 11.2. The largest absolute Gasteiger partial charge is 0.477 e. The van der Waals surface area contributed by atoms with Crippen molar-refractivity contribution in [3.63, 3.8) is 0 Å². The van der Waals surface area contributed by atoms with Crippen molar-refractivity contribution in [1.29, 1.82) is 0 Å². The first-order valence-corrected chi connectivity index (χ1v) is 21.3. The van der Waals surface area contributed by atoms with Crippen molar-refractivity contribution >= 4 is 58.7 Å². The summed E-state index contributed by atoms with van der Waals surface area (Å²) >= 11 is 0. The van der Waals surface area contributed by atoms with Gasteiger partial charge in [0.15, 0.2) is 36.3 Å². The van der Waals surface area contributed by atoms with Gasteiger partial charge >= 0.3 is 24.1 Å². The van der Waals surface area contributed by atoms with Crippen molar-refractivity contribution in [2.45, 2.75) is 97.5 Å². The summed E-state index contributed by atoms with van der Waals surface area (Å²) in [6.45, 7) is -0.0227. The average Bonchev–Trinajstić information content (AvgIpc) is 3.28. The molecule has 2 aromatic rings. The van der Waals surface area contributed by atoms with Crippen LogP contribution in [0.2, 0.25) is 0 Å². The standard InChI is InChI=1S/C40H52N10O17S/c1-17(53)47-29-23(49-37(41)42)11-27(35(57)58)64-33(29)31(25(55)15-51)66-39(61)45-13-19-3-7-21(8-4-19)68(63)22-9-5-20(6-10-22)14-46-40(62)67-32(26(56)16-52)34-30(48-18(2)54)24(50-38(43)44)12-28(65-34)36(59)60/h3-12,23-26,29-34,51-52,55-56H,13-16H2,1-2H3,(H,45,61)(H,46,62)(H,47,53)(H,48,54)(H,57,58)(H,59,60)(H4,41,42,49)(H4,43,44,50)/t23-,24-,25+,26+,29+,30+,31+,32+,33+,34+/m0/s1. The summed E-state index contributed by atoms with van der Waals surface area (Å²) in [5, 5.41) is 70.0. The van der Waals surface area contributed by atoms with E-state index in [9.17, 15) is 63.6 Å². The molecule has 2 aromatic carbocycles. The molecule has 18 N–H and O–H groups in total. The summed E-state index contributed by atoms with van der Waals surface area (Å²) in [5.74, 6) is -6.74. The van der Waals surface area contributed by atoms with Crippen molar-refractivity contribution < 1.29 is 82.6 Å². The summed E-state index contributed by atoms with van der Waals surface area (Å²) in [6.07, 6.45) is -10.7. The topological polar surface area (TPSA) is 455 Å². The van der Waals surface area contributed by atoms with Gasteiger partial charge in [-0.05, 0) is 47.5 Å². The highest BCUT2D eigenvalue weighted by Crippen LogP contribution is 2.28. The number of ether oxygens (including phenoxy) is 4. The van der Waals surface area contributed by atoms with Crippen molar-refractivity contribution in [3.05, 3.63) is 83.3 Å². The van der Waals surface area contributed by atoms with Crippen molar-refractivity contribution in [2.75, 3.05) is 13.2 Å². The third kappa shape index (κ3) is 14.7. The molecule has 4 amide bonds. The second-order valence-corrected chi connectivity index (χ2v) is 16.4. The molecule has 0 fully saturated rings. The fourth-order valence-corrected chi connectivity index (χ4v) is 7.85. The minimum absolute atomic E-state index is 0.169. The van der Waals surface area contributed by atoms with Crippen molar-refractivity contribution in [2.24, 2.45) is 32.9 Å². The molecule has 370 valence electrons. The normalized spacial score (nSPS) is 21.9.